The maximum Gasteiger partial charge on any atom is 1.00 e. The first-order valence-electron chi connectivity index (χ1n) is 2.35. The molecule has 0 fully saturated rings. The monoisotopic (exact) mass is 166 g/mol. The Balaban J connectivity index is 0. The van der Waals surface area contributed by atoms with Gasteiger partial charge in [-0.05, 0) is 6.92 Å². The Morgan fingerprint density at radius 3 is 1.89 bits per heavy atom. The molecule has 0 amide bonds. The molecule has 0 unspecified atom stereocenters. The van der Waals surface area contributed by atoms with Gasteiger partial charge in [-0.15, -0.1) is 0 Å². The molecule has 0 aromatic carbocycles. The van der Waals surface area contributed by atoms with Gasteiger partial charge in [-0.3, -0.25) is 0 Å². The van der Waals surface area contributed by atoms with Gasteiger partial charge < -0.3 is 17.7 Å². The second-order valence-corrected chi connectivity index (χ2v) is 1.37. The Morgan fingerprint density at radius 2 is 1.78 bits per heavy atom. The Morgan fingerprint density at radius 1 is 1.33 bits per heavy atom. The molecule has 0 aliphatic heterocycles. The summed E-state index contributed by atoms with van der Waals surface area (Å²) >= 11 is 0. The minimum absolute atomic E-state index is 0. The smallest absolute Gasteiger partial charge is 0.447 e. The molecule has 0 saturated heterocycles. The van der Waals surface area contributed by atoms with Crippen LogP contribution >= 0.6 is 0 Å². The van der Waals surface area contributed by atoms with Crippen LogP contribution in [0.15, 0.2) is 0 Å². The molecule has 0 saturated carbocycles. The molecule has 0 aliphatic rings. The summed E-state index contributed by atoms with van der Waals surface area (Å²) in [7, 11) is 0. The molecule has 1 nitrogen and oxygen atoms in total. The van der Waals surface area contributed by atoms with Crippen molar-refractivity contribution in [1.82, 2.24) is 0 Å². The van der Waals surface area contributed by atoms with E-state index in [-0.39, 0.29) is 58.0 Å². The first-order valence-corrected chi connectivity index (χ1v) is 2.35. The molecule has 6 heteroatoms. The SMILES string of the molecule is CCOC[B-](F)(F)F.[K+]. The van der Waals surface area contributed by atoms with E-state index >= 15 is 0 Å². The Bertz CT molecular complexity index is 66.6. The van der Waals surface area contributed by atoms with Crippen molar-refractivity contribution in [2.75, 3.05) is 13.1 Å². The molecular formula is C3H7BF3KO. The van der Waals surface area contributed by atoms with Crippen molar-refractivity contribution in [1.29, 1.82) is 0 Å². The third-order valence-electron chi connectivity index (χ3n) is 0.511. The summed E-state index contributed by atoms with van der Waals surface area (Å²) in [4.78, 5) is 0. The number of hydrogen-bond donors (Lipinski definition) is 0. The fourth-order valence-corrected chi connectivity index (χ4v) is 0.251. The molecule has 50 valence electrons. The molecule has 0 aromatic rings. The molecule has 0 heterocycles. The van der Waals surface area contributed by atoms with Crippen LogP contribution in [0.25, 0.3) is 0 Å². The average molecular weight is 166 g/mol. The zero-order valence-corrected chi connectivity index (χ0v) is 8.66. The van der Waals surface area contributed by atoms with Crippen LogP contribution in [-0.4, -0.2) is 20.1 Å². The molecular weight excluding hydrogens is 159 g/mol. The van der Waals surface area contributed by atoms with E-state index in [1.54, 1.807) is 0 Å². The van der Waals surface area contributed by atoms with E-state index in [0.29, 0.717) is 0 Å². The normalized spacial score (nSPS) is 10.7. The molecule has 0 aromatic heterocycles. The van der Waals surface area contributed by atoms with Gasteiger partial charge >= 0.3 is 58.4 Å². The summed E-state index contributed by atoms with van der Waals surface area (Å²) in [5, 5.41) is 0. The summed E-state index contributed by atoms with van der Waals surface area (Å²) in [6.07, 6.45) is 0. The standard InChI is InChI=1S/C3H7BF3O.K/c1-2-8-3-4(5,6)7;/h2-3H2,1H3;/q-1;+1. The zero-order valence-electron chi connectivity index (χ0n) is 5.53. The van der Waals surface area contributed by atoms with E-state index in [9.17, 15) is 12.9 Å². The third kappa shape index (κ3) is 12.6. The first kappa shape index (κ1) is 13.1. The van der Waals surface area contributed by atoms with Gasteiger partial charge in [0, 0.05) is 13.1 Å². The topological polar surface area (TPSA) is 9.23 Å². The van der Waals surface area contributed by atoms with Crippen molar-refractivity contribution in [2.24, 2.45) is 0 Å². The Hall–Kier alpha value is 1.45. The van der Waals surface area contributed by atoms with E-state index in [2.05, 4.69) is 4.74 Å². The fraction of sp³-hybridized carbons (Fsp3) is 1.00. The predicted molar refractivity (Wildman–Crippen MR) is 25.6 cm³/mol. The van der Waals surface area contributed by atoms with Crippen LogP contribution in [0.4, 0.5) is 12.9 Å². The third-order valence-corrected chi connectivity index (χ3v) is 0.511. The zero-order chi connectivity index (χ0) is 6.62. The first-order chi connectivity index (χ1) is 3.56. The summed E-state index contributed by atoms with van der Waals surface area (Å²) in [6, 6.07) is 0. The largest absolute Gasteiger partial charge is 1.00 e. The van der Waals surface area contributed by atoms with Crippen molar-refractivity contribution < 1.29 is 69.1 Å². The summed E-state index contributed by atoms with van der Waals surface area (Å²) in [6.45, 7) is -4.14. The molecule has 0 radical (unpaired) electrons. The maximum absolute atomic E-state index is 11.2. The summed E-state index contributed by atoms with van der Waals surface area (Å²) in [5.74, 6) is 0. The summed E-state index contributed by atoms with van der Waals surface area (Å²) < 4.78 is 37.6. The van der Waals surface area contributed by atoms with Crippen molar-refractivity contribution in [3.8, 4) is 0 Å². The van der Waals surface area contributed by atoms with Crippen LogP contribution < -0.4 is 51.4 Å². The van der Waals surface area contributed by atoms with Gasteiger partial charge in [0.1, 0.15) is 0 Å². The van der Waals surface area contributed by atoms with Gasteiger partial charge in [0.15, 0.2) is 0 Å². The van der Waals surface area contributed by atoms with Gasteiger partial charge in [0.05, 0.1) is 0 Å². The quantitative estimate of drug-likeness (QED) is 0.459. The average Bonchev–Trinajstić information content (AvgIpc) is 1.59. The van der Waals surface area contributed by atoms with Crippen LogP contribution in [0.3, 0.4) is 0 Å². The van der Waals surface area contributed by atoms with Crippen molar-refractivity contribution >= 4 is 6.98 Å². The Labute approximate surface area is 94.8 Å². The van der Waals surface area contributed by atoms with Crippen molar-refractivity contribution in [2.45, 2.75) is 6.92 Å². The van der Waals surface area contributed by atoms with Crippen LogP contribution in [-0.2, 0) is 4.74 Å². The molecule has 9 heavy (non-hydrogen) atoms. The molecule has 0 rings (SSSR count). The predicted octanol–water partition coefficient (Wildman–Crippen LogP) is -1.59. The summed E-state index contributed by atoms with van der Waals surface area (Å²) in [5.41, 5.74) is 0. The van der Waals surface area contributed by atoms with Crippen molar-refractivity contribution in [3.63, 3.8) is 0 Å². The minimum atomic E-state index is -4.72. The van der Waals surface area contributed by atoms with Gasteiger partial charge in [-0.2, -0.15) is 0 Å². The van der Waals surface area contributed by atoms with Crippen molar-refractivity contribution in [3.05, 3.63) is 0 Å². The number of hydrogen-bond acceptors (Lipinski definition) is 1. The van der Waals surface area contributed by atoms with E-state index < -0.39 is 13.5 Å². The van der Waals surface area contributed by atoms with Gasteiger partial charge in [-0.25, -0.2) is 0 Å². The number of rotatable bonds is 3. The maximum atomic E-state index is 11.2. The molecule has 0 bridgehead atoms. The van der Waals surface area contributed by atoms with Gasteiger partial charge in [-0.1, -0.05) is 0 Å². The van der Waals surface area contributed by atoms with E-state index in [1.165, 1.54) is 6.92 Å². The van der Waals surface area contributed by atoms with E-state index in [1.807, 2.05) is 0 Å². The number of ether oxygens (including phenoxy) is 1. The minimum Gasteiger partial charge on any atom is -0.447 e. The molecule has 0 N–H and O–H groups in total. The van der Waals surface area contributed by atoms with Crippen LogP contribution in [0, 0.1) is 0 Å². The Kier molecular flexibility index (Phi) is 8.98. The van der Waals surface area contributed by atoms with E-state index in [0.717, 1.165) is 0 Å². The van der Waals surface area contributed by atoms with E-state index in [4.69, 9.17) is 0 Å². The van der Waals surface area contributed by atoms with Gasteiger partial charge in [0.25, 0.3) is 0 Å². The van der Waals surface area contributed by atoms with Crippen LogP contribution in [0.2, 0.25) is 0 Å². The second-order valence-electron chi connectivity index (χ2n) is 1.37. The second kappa shape index (κ2) is 6.18. The molecule has 0 aliphatic carbocycles. The van der Waals surface area contributed by atoms with Crippen LogP contribution in [0.1, 0.15) is 6.92 Å². The molecule has 0 atom stereocenters. The van der Waals surface area contributed by atoms with Crippen LogP contribution in [0.5, 0.6) is 0 Å². The van der Waals surface area contributed by atoms with Gasteiger partial charge in [0.2, 0.25) is 0 Å². The number of halogens is 3. The fourth-order valence-electron chi connectivity index (χ4n) is 0.251. The molecule has 0 spiro atoms.